The van der Waals surface area contributed by atoms with Crippen molar-refractivity contribution in [3.8, 4) is 17.2 Å². The fraction of sp³-hybridized carbons (Fsp3) is 0.257. The van der Waals surface area contributed by atoms with E-state index in [2.05, 4.69) is 5.32 Å². The molecule has 0 unspecified atom stereocenters. The monoisotopic (exact) mass is 629 g/mol. The van der Waals surface area contributed by atoms with Crippen LogP contribution in [0.4, 0.5) is 5.69 Å². The minimum Gasteiger partial charge on any atom is -0.497 e. The molecule has 0 spiro atoms. The van der Waals surface area contributed by atoms with Crippen LogP contribution < -0.4 is 19.1 Å². The lowest BCUT2D eigenvalue weighted by molar-refractivity contribution is -0.139. The number of carbonyl (C=O) groups excluding carboxylic acids is 2. The van der Waals surface area contributed by atoms with E-state index in [0.29, 0.717) is 23.8 Å². The van der Waals surface area contributed by atoms with Crippen LogP contribution in [0.1, 0.15) is 32.3 Å². The number of para-hydroxylation sites is 1. The maximum Gasteiger partial charge on any atom is 0.264 e. The van der Waals surface area contributed by atoms with Crippen LogP contribution in [0.2, 0.25) is 0 Å². The number of amides is 2. The van der Waals surface area contributed by atoms with Crippen LogP contribution in [0.25, 0.3) is 0 Å². The van der Waals surface area contributed by atoms with Crippen molar-refractivity contribution in [2.24, 2.45) is 0 Å². The third-order valence-electron chi connectivity index (χ3n) is 7.22. The largest absolute Gasteiger partial charge is 0.497 e. The summed E-state index contributed by atoms with van der Waals surface area (Å²) in [6.07, 6.45) is 1.71. The summed E-state index contributed by atoms with van der Waals surface area (Å²) >= 11 is 0. The summed E-state index contributed by atoms with van der Waals surface area (Å²) in [5.41, 5.74) is 1.04. The Morgan fingerprint density at radius 2 is 1.38 bits per heavy atom. The first kappa shape index (κ1) is 33.1. The van der Waals surface area contributed by atoms with Crippen LogP contribution in [0.3, 0.4) is 0 Å². The molecule has 4 aromatic rings. The van der Waals surface area contributed by atoms with Gasteiger partial charge in [0.05, 0.1) is 17.7 Å². The Hall–Kier alpha value is -4.83. The molecule has 236 valence electrons. The second-order valence-electron chi connectivity index (χ2n) is 10.4. The number of anilines is 1. The highest BCUT2D eigenvalue weighted by Crippen LogP contribution is 2.28. The summed E-state index contributed by atoms with van der Waals surface area (Å²) in [4.78, 5) is 28.7. The Kier molecular flexibility index (Phi) is 11.6. The maximum absolute atomic E-state index is 14.1. The van der Waals surface area contributed by atoms with Crippen molar-refractivity contribution >= 4 is 27.5 Å². The number of carbonyl (C=O) groups is 2. The van der Waals surface area contributed by atoms with Gasteiger partial charge >= 0.3 is 0 Å². The molecule has 0 heterocycles. The van der Waals surface area contributed by atoms with Crippen LogP contribution in [0, 0.1) is 0 Å². The number of ether oxygens (including phenoxy) is 2. The third kappa shape index (κ3) is 8.86. The van der Waals surface area contributed by atoms with E-state index in [1.165, 1.54) is 17.0 Å². The number of rotatable bonds is 15. The van der Waals surface area contributed by atoms with Crippen molar-refractivity contribution in [3.05, 3.63) is 115 Å². The van der Waals surface area contributed by atoms with Crippen molar-refractivity contribution in [1.29, 1.82) is 0 Å². The van der Waals surface area contributed by atoms with Gasteiger partial charge in [0.25, 0.3) is 10.0 Å². The summed E-state index contributed by atoms with van der Waals surface area (Å²) < 4.78 is 40.2. The lowest BCUT2D eigenvalue weighted by Gasteiger charge is -2.32. The molecule has 10 heteroatoms. The van der Waals surface area contributed by atoms with Gasteiger partial charge in [0, 0.05) is 13.1 Å². The van der Waals surface area contributed by atoms with Crippen molar-refractivity contribution in [2.75, 3.05) is 24.5 Å². The Morgan fingerprint density at radius 3 is 1.98 bits per heavy atom. The second kappa shape index (κ2) is 15.8. The number of sulfonamides is 1. The molecular weight excluding hydrogens is 590 g/mol. The number of nitrogens with zero attached hydrogens (tertiary/aromatic N) is 2. The van der Waals surface area contributed by atoms with E-state index < -0.39 is 28.5 Å². The third-order valence-corrected chi connectivity index (χ3v) is 9.01. The molecule has 4 rings (SSSR count). The van der Waals surface area contributed by atoms with Gasteiger partial charge in [-0.25, -0.2) is 8.42 Å². The van der Waals surface area contributed by atoms with E-state index in [4.69, 9.17) is 9.47 Å². The fourth-order valence-corrected chi connectivity index (χ4v) is 6.04. The van der Waals surface area contributed by atoms with Gasteiger partial charge in [-0.1, -0.05) is 61.9 Å². The van der Waals surface area contributed by atoms with Gasteiger partial charge in [-0.05, 0) is 79.6 Å². The quantitative estimate of drug-likeness (QED) is 0.161. The molecule has 4 aromatic carbocycles. The molecule has 2 amide bonds. The van der Waals surface area contributed by atoms with Gasteiger partial charge < -0.3 is 19.7 Å². The van der Waals surface area contributed by atoms with Crippen LogP contribution in [0.5, 0.6) is 17.2 Å². The molecule has 45 heavy (non-hydrogen) atoms. The van der Waals surface area contributed by atoms with Crippen LogP contribution >= 0.6 is 0 Å². The zero-order chi connectivity index (χ0) is 32.2. The predicted octanol–water partition coefficient (Wildman–Crippen LogP) is 6.02. The number of hydrogen-bond acceptors (Lipinski definition) is 6. The maximum atomic E-state index is 14.1. The first-order valence-electron chi connectivity index (χ1n) is 14.8. The average Bonchev–Trinajstić information content (AvgIpc) is 3.07. The molecule has 0 radical (unpaired) electrons. The molecule has 0 saturated heterocycles. The Bertz CT molecular complexity index is 1630. The van der Waals surface area contributed by atoms with Gasteiger partial charge in [0.1, 0.15) is 29.8 Å². The molecule has 0 bridgehead atoms. The second-order valence-corrected chi connectivity index (χ2v) is 12.3. The SMILES string of the molecule is CCCCNC(=O)[C@@H](C)N(Cc1ccc(OC)cc1)C(=O)CN(c1ccc(Oc2ccccc2)cc1)S(=O)(=O)c1ccccc1. The van der Waals surface area contributed by atoms with Crippen molar-refractivity contribution < 1.29 is 27.5 Å². The topological polar surface area (TPSA) is 105 Å². The minimum atomic E-state index is -4.17. The molecule has 1 N–H and O–H groups in total. The van der Waals surface area contributed by atoms with Gasteiger partial charge in [0.15, 0.2) is 0 Å². The highest BCUT2D eigenvalue weighted by atomic mass is 32.2. The summed E-state index contributed by atoms with van der Waals surface area (Å²) in [6.45, 7) is 3.72. The standard InChI is InChI=1S/C35H39N3O6S/c1-4-5-24-36-35(40)27(2)37(25-28-16-20-30(43-3)21-17-28)34(39)26-38(45(41,42)33-14-10-7-11-15-33)29-18-22-32(23-19-29)44-31-12-8-6-9-13-31/h6-23,27H,4-5,24-26H2,1-3H3,(H,36,40)/t27-/m1/s1. The molecule has 0 aliphatic carbocycles. The summed E-state index contributed by atoms with van der Waals surface area (Å²) in [7, 11) is -2.61. The Morgan fingerprint density at radius 1 is 0.800 bits per heavy atom. The smallest absolute Gasteiger partial charge is 0.264 e. The number of hydrogen-bond donors (Lipinski definition) is 1. The summed E-state index contributed by atoms with van der Waals surface area (Å²) in [6, 6.07) is 30.0. The first-order chi connectivity index (χ1) is 21.7. The highest BCUT2D eigenvalue weighted by Gasteiger charge is 2.32. The zero-order valence-corrected chi connectivity index (χ0v) is 26.6. The average molecular weight is 630 g/mol. The van der Waals surface area contributed by atoms with E-state index in [1.54, 1.807) is 68.6 Å². The molecular formula is C35H39N3O6S. The van der Waals surface area contributed by atoms with E-state index in [0.717, 1.165) is 22.7 Å². The summed E-state index contributed by atoms with van der Waals surface area (Å²) in [5, 5.41) is 2.89. The molecule has 9 nitrogen and oxygen atoms in total. The number of nitrogens with one attached hydrogen (secondary N) is 1. The first-order valence-corrected chi connectivity index (χ1v) is 16.3. The van der Waals surface area contributed by atoms with E-state index in [9.17, 15) is 18.0 Å². The normalized spacial score (nSPS) is 11.7. The highest BCUT2D eigenvalue weighted by molar-refractivity contribution is 7.92. The van der Waals surface area contributed by atoms with Crippen molar-refractivity contribution in [3.63, 3.8) is 0 Å². The molecule has 0 saturated carbocycles. The molecule has 0 fully saturated rings. The molecule has 0 aliphatic rings. The molecule has 0 aromatic heterocycles. The van der Waals surface area contributed by atoms with Gasteiger partial charge in [-0.3, -0.25) is 13.9 Å². The lowest BCUT2D eigenvalue weighted by atomic mass is 10.1. The van der Waals surface area contributed by atoms with E-state index in [-0.39, 0.29) is 23.0 Å². The Labute approximate surface area is 265 Å². The number of methoxy groups -OCH3 is 1. The Balaban J connectivity index is 1.67. The van der Waals surface area contributed by atoms with E-state index >= 15 is 0 Å². The van der Waals surface area contributed by atoms with Crippen LogP contribution in [0.15, 0.2) is 114 Å². The van der Waals surface area contributed by atoms with Crippen molar-refractivity contribution in [1.82, 2.24) is 10.2 Å². The zero-order valence-electron chi connectivity index (χ0n) is 25.8. The fourth-order valence-electron chi connectivity index (χ4n) is 4.60. The van der Waals surface area contributed by atoms with Gasteiger partial charge in [-0.15, -0.1) is 0 Å². The number of unbranched alkanes of at least 4 members (excludes halogenated alkanes) is 1. The number of benzene rings is 4. The van der Waals surface area contributed by atoms with Crippen LogP contribution in [-0.4, -0.2) is 51.4 Å². The van der Waals surface area contributed by atoms with Gasteiger partial charge in [0.2, 0.25) is 11.8 Å². The van der Waals surface area contributed by atoms with Crippen LogP contribution in [-0.2, 0) is 26.2 Å². The summed E-state index contributed by atoms with van der Waals surface area (Å²) in [5.74, 6) is 0.946. The lowest BCUT2D eigenvalue weighted by Crippen LogP contribution is -2.51. The molecule has 0 aliphatic heterocycles. The minimum absolute atomic E-state index is 0.0365. The van der Waals surface area contributed by atoms with Crippen molar-refractivity contribution in [2.45, 2.75) is 44.2 Å². The predicted molar refractivity (Wildman–Crippen MR) is 175 cm³/mol. The van der Waals surface area contributed by atoms with Gasteiger partial charge in [-0.2, -0.15) is 0 Å². The van der Waals surface area contributed by atoms with E-state index in [1.807, 2.05) is 49.4 Å². The molecule has 1 atom stereocenters.